The lowest BCUT2D eigenvalue weighted by Gasteiger charge is -2.18. The van der Waals surface area contributed by atoms with E-state index in [4.69, 9.17) is 9.97 Å². The predicted octanol–water partition coefficient (Wildman–Crippen LogP) is 4.63. The number of nitrogens with one attached hydrogen (secondary N) is 1. The number of fused-ring (bicyclic) bond motifs is 2. The second-order valence-corrected chi connectivity index (χ2v) is 7.14. The fraction of sp³-hybridized carbons (Fsp3) is 0.125. The van der Waals surface area contributed by atoms with E-state index in [0.717, 1.165) is 27.8 Å². The Labute approximate surface area is 169 Å². The highest BCUT2D eigenvalue weighted by Gasteiger charge is 2.24. The fourth-order valence-corrected chi connectivity index (χ4v) is 3.79. The van der Waals surface area contributed by atoms with Crippen LogP contribution in [0.5, 0.6) is 0 Å². The number of nitriles is 1. The minimum atomic E-state index is 0.648. The van der Waals surface area contributed by atoms with Gasteiger partial charge in [-0.15, -0.1) is 0 Å². The fourth-order valence-electron chi connectivity index (χ4n) is 3.79. The lowest BCUT2D eigenvalue weighted by atomic mass is 10.1. The summed E-state index contributed by atoms with van der Waals surface area (Å²) in [5, 5.41) is 13.9. The number of benzene rings is 3. The third-order valence-corrected chi connectivity index (χ3v) is 5.28. The zero-order valence-corrected chi connectivity index (χ0v) is 15.8. The monoisotopic (exact) mass is 377 g/mol. The van der Waals surface area contributed by atoms with Gasteiger partial charge in [0.2, 0.25) is 5.95 Å². The van der Waals surface area contributed by atoms with Gasteiger partial charge in [0.15, 0.2) is 0 Å². The highest BCUT2D eigenvalue weighted by Crippen LogP contribution is 2.31. The summed E-state index contributed by atoms with van der Waals surface area (Å²) in [4.78, 5) is 11.8. The molecule has 1 aliphatic rings. The molecule has 0 aliphatic carbocycles. The Bertz CT molecular complexity index is 1230. The molecule has 5 heteroatoms. The Morgan fingerprint density at radius 2 is 1.72 bits per heavy atom. The van der Waals surface area contributed by atoms with E-state index in [9.17, 15) is 5.26 Å². The number of para-hydroxylation sites is 1. The van der Waals surface area contributed by atoms with Gasteiger partial charge in [-0.2, -0.15) is 10.2 Å². The maximum atomic E-state index is 9.41. The molecule has 0 saturated carbocycles. The molecule has 2 heterocycles. The molecule has 0 amide bonds. The molecule has 5 nitrogen and oxygen atoms in total. The van der Waals surface area contributed by atoms with E-state index in [2.05, 4.69) is 34.5 Å². The Morgan fingerprint density at radius 3 is 2.59 bits per heavy atom. The van der Waals surface area contributed by atoms with Crippen LogP contribution in [0.2, 0.25) is 0 Å². The number of nitrogens with zero attached hydrogens (tertiary/aromatic N) is 4. The lowest BCUT2D eigenvalue weighted by Crippen LogP contribution is -2.18. The van der Waals surface area contributed by atoms with Crippen molar-refractivity contribution in [2.45, 2.75) is 19.6 Å². The third kappa shape index (κ3) is 3.26. The van der Waals surface area contributed by atoms with Crippen molar-refractivity contribution in [1.82, 2.24) is 9.97 Å². The quantitative estimate of drug-likeness (QED) is 0.561. The molecule has 0 fully saturated rings. The maximum Gasteiger partial charge on any atom is 0.228 e. The van der Waals surface area contributed by atoms with Gasteiger partial charge in [-0.3, -0.25) is 0 Å². The standard InChI is InChI=1S/C24H19N5/c25-13-18-9-6-10-19-15-29(16-21(18)19)24-27-22-12-5-4-11-20(22)23(28-24)26-14-17-7-2-1-3-8-17/h1-12H,14-16H2,(H,26,27,28). The van der Waals surface area contributed by atoms with E-state index >= 15 is 0 Å². The summed E-state index contributed by atoms with van der Waals surface area (Å²) in [6.45, 7) is 2.05. The van der Waals surface area contributed by atoms with Crippen LogP contribution in [0, 0.1) is 11.3 Å². The van der Waals surface area contributed by atoms with E-state index in [0.29, 0.717) is 25.6 Å². The molecular formula is C24H19N5. The van der Waals surface area contributed by atoms with Gasteiger partial charge in [-0.1, -0.05) is 54.6 Å². The number of rotatable bonds is 4. The van der Waals surface area contributed by atoms with Crippen molar-refractivity contribution in [3.05, 3.63) is 95.1 Å². The molecule has 0 spiro atoms. The molecule has 3 aromatic carbocycles. The molecule has 29 heavy (non-hydrogen) atoms. The molecule has 4 aromatic rings. The van der Waals surface area contributed by atoms with E-state index < -0.39 is 0 Å². The largest absolute Gasteiger partial charge is 0.365 e. The van der Waals surface area contributed by atoms with Gasteiger partial charge in [0.25, 0.3) is 0 Å². The molecule has 5 rings (SSSR count). The maximum absolute atomic E-state index is 9.41. The van der Waals surface area contributed by atoms with Crippen molar-refractivity contribution in [2.75, 3.05) is 10.2 Å². The zero-order chi connectivity index (χ0) is 19.6. The van der Waals surface area contributed by atoms with Crippen molar-refractivity contribution >= 4 is 22.7 Å². The smallest absolute Gasteiger partial charge is 0.228 e. The van der Waals surface area contributed by atoms with E-state index in [1.165, 1.54) is 11.1 Å². The number of hydrogen-bond donors (Lipinski definition) is 1. The average Bonchev–Trinajstić information content (AvgIpc) is 3.22. The average molecular weight is 377 g/mol. The Balaban J connectivity index is 1.50. The summed E-state index contributed by atoms with van der Waals surface area (Å²) in [7, 11) is 0. The topological polar surface area (TPSA) is 64.8 Å². The van der Waals surface area contributed by atoms with Gasteiger partial charge in [-0.05, 0) is 34.9 Å². The number of aromatic nitrogens is 2. The van der Waals surface area contributed by atoms with Gasteiger partial charge in [0, 0.05) is 25.0 Å². The van der Waals surface area contributed by atoms with Crippen LogP contribution in [0.3, 0.4) is 0 Å². The molecule has 140 valence electrons. The van der Waals surface area contributed by atoms with E-state index in [-0.39, 0.29) is 0 Å². The second-order valence-electron chi connectivity index (χ2n) is 7.14. The molecule has 0 radical (unpaired) electrons. The molecule has 1 aromatic heterocycles. The van der Waals surface area contributed by atoms with Gasteiger partial charge >= 0.3 is 0 Å². The van der Waals surface area contributed by atoms with E-state index in [1.54, 1.807) is 0 Å². The summed E-state index contributed by atoms with van der Waals surface area (Å²) in [5.74, 6) is 1.50. The van der Waals surface area contributed by atoms with Crippen molar-refractivity contribution in [1.29, 1.82) is 5.26 Å². The van der Waals surface area contributed by atoms with Crippen LogP contribution in [-0.2, 0) is 19.6 Å². The Kier molecular flexibility index (Phi) is 4.30. The summed E-state index contributed by atoms with van der Waals surface area (Å²) in [5.41, 5.74) is 5.08. The summed E-state index contributed by atoms with van der Waals surface area (Å²) in [6.07, 6.45) is 0. The summed E-state index contributed by atoms with van der Waals surface area (Å²) in [6, 6.07) is 26.5. The normalized spacial score (nSPS) is 12.6. The van der Waals surface area contributed by atoms with Crippen LogP contribution in [0.25, 0.3) is 10.9 Å². The van der Waals surface area contributed by atoms with Gasteiger partial charge in [0.1, 0.15) is 5.82 Å². The Hall–Kier alpha value is -3.91. The molecule has 0 bridgehead atoms. The molecular weight excluding hydrogens is 358 g/mol. The van der Waals surface area contributed by atoms with Crippen LogP contribution in [0.15, 0.2) is 72.8 Å². The SMILES string of the molecule is N#Cc1cccc2c1CN(c1nc(NCc3ccccc3)c3ccccc3n1)C2. The predicted molar refractivity (Wildman–Crippen MR) is 114 cm³/mol. The van der Waals surface area contributed by atoms with Crippen molar-refractivity contribution in [2.24, 2.45) is 0 Å². The number of hydrogen-bond acceptors (Lipinski definition) is 5. The minimum absolute atomic E-state index is 0.648. The third-order valence-electron chi connectivity index (χ3n) is 5.28. The minimum Gasteiger partial charge on any atom is -0.365 e. The highest BCUT2D eigenvalue weighted by atomic mass is 15.3. The zero-order valence-electron chi connectivity index (χ0n) is 15.8. The first-order valence-electron chi connectivity index (χ1n) is 9.62. The lowest BCUT2D eigenvalue weighted by molar-refractivity contribution is 0.833. The van der Waals surface area contributed by atoms with Crippen LogP contribution in [0.4, 0.5) is 11.8 Å². The highest BCUT2D eigenvalue weighted by molar-refractivity contribution is 5.90. The van der Waals surface area contributed by atoms with Crippen LogP contribution >= 0.6 is 0 Å². The van der Waals surface area contributed by atoms with Crippen LogP contribution in [-0.4, -0.2) is 9.97 Å². The van der Waals surface area contributed by atoms with Crippen LogP contribution in [0.1, 0.15) is 22.3 Å². The molecule has 1 aliphatic heterocycles. The van der Waals surface area contributed by atoms with Crippen LogP contribution < -0.4 is 10.2 Å². The second kappa shape index (κ2) is 7.25. The van der Waals surface area contributed by atoms with Crippen molar-refractivity contribution in [3.63, 3.8) is 0 Å². The van der Waals surface area contributed by atoms with Crippen molar-refractivity contribution in [3.8, 4) is 6.07 Å². The van der Waals surface area contributed by atoms with Gasteiger partial charge in [0.05, 0.1) is 17.1 Å². The van der Waals surface area contributed by atoms with Gasteiger partial charge < -0.3 is 10.2 Å². The number of anilines is 2. The Morgan fingerprint density at radius 1 is 0.897 bits per heavy atom. The van der Waals surface area contributed by atoms with Gasteiger partial charge in [-0.25, -0.2) is 4.98 Å². The summed E-state index contributed by atoms with van der Waals surface area (Å²) >= 11 is 0. The molecule has 0 unspecified atom stereocenters. The first kappa shape index (κ1) is 17.2. The first-order chi connectivity index (χ1) is 14.3. The molecule has 0 saturated heterocycles. The molecule has 0 atom stereocenters. The summed E-state index contributed by atoms with van der Waals surface area (Å²) < 4.78 is 0. The molecule has 1 N–H and O–H groups in total. The first-order valence-corrected chi connectivity index (χ1v) is 9.62. The van der Waals surface area contributed by atoms with E-state index in [1.807, 2.05) is 54.6 Å². The van der Waals surface area contributed by atoms with Crippen molar-refractivity contribution < 1.29 is 0 Å².